The Morgan fingerprint density at radius 2 is 1.79 bits per heavy atom. The maximum Gasteiger partial charge on any atom is 0.416 e. The molecule has 1 heterocycles. The number of imidazole rings is 1. The first-order valence-corrected chi connectivity index (χ1v) is 5.36. The average Bonchev–Trinajstić information content (AvgIpc) is 2.76. The van der Waals surface area contributed by atoms with Crippen LogP contribution in [0.2, 0.25) is 0 Å². The van der Waals surface area contributed by atoms with E-state index in [4.69, 9.17) is 5.73 Å². The minimum absolute atomic E-state index is 0. The van der Waals surface area contributed by atoms with Gasteiger partial charge in [-0.1, -0.05) is 12.1 Å². The largest absolute Gasteiger partial charge is 0.416 e. The molecule has 19 heavy (non-hydrogen) atoms. The fraction of sp³-hybridized carbons (Fsp3) is 0.250. The number of hydrogen-bond acceptors (Lipinski definition) is 2. The quantitative estimate of drug-likeness (QED) is 0.945. The highest BCUT2D eigenvalue weighted by atomic mass is 35.5. The summed E-state index contributed by atoms with van der Waals surface area (Å²) in [4.78, 5) is 3.95. The molecule has 0 saturated heterocycles. The van der Waals surface area contributed by atoms with Crippen molar-refractivity contribution in [2.24, 2.45) is 5.73 Å². The predicted molar refractivity (Wildman–Crippen MR) is 67.9 cm³/mol. The zero-order valence-corrected chi connectivity index (χ0v) is 10.7. The molecule has 2 N–H and O–H groups in total. The minimum atomic E-state index is -4.30. The molecule has 0 bridgehead atoms. The Morgan fingerprint density at radius 1 is 1.16 bits per heavy atom. The number of alkyl halides is 3. The van der Waals surface area contributed by atoms with Gasteiger partial charge in [-0.2, -0.15) is 13.2 Å². The number of halogens is 4. The number of nitrogens with zero attached hydrogens (tertiary/aromatic N) is 2. The van der Waals surface area contributed by atoms with E-state index in [2.05, 4.69) is 4.98 Å². The van der Waals surface area contributed by atoms with E-state index >= 15 is 0 Å². The molecule has 1 aromatic carbocycles. The summed E-state index contributed by atoms with van der Waals surface area (Å²) >= 11 is 0. The highest BCUT2D eigenvalue weighted by Crippen LogP contribution is 2.29. The van der Waals surface area contributed by atoms with Gasteiger partial charge < -0.3 is 10.3 Å². The van der Waals surface area contributed by atoms with Gasteiger partial charge in [-0.3, -0.25) is 0 Å². The van der Waals surface area contributed by atoms with Gasteiger partial charge in [0.05, 0.1) is 17.6 Å². The van der Waals surface area contributed by atoms with Crippen LogP contribution in [0.25, 0.3) is 0 Å². The normalized spacial score (nSPS) is 11.2. The molecule has 2 rings (SSSR count). The monoisotopic (exact) mass is 291 g/mol. The van der Waals surface area contributed by atoms with Crippen molar-refractivity contribution in [3.63, 3.8) is 0 Å². The van der Waals surface area contributed by atoms with E-state index in [0.717, 1.165) is 23.4 Å². The molecule has 0 amide bonds. The second-order valence-electron chi connectivity index (χ2n) is 3.91. The summed E-state index contributed by atoms with van der Waals surface area (Å²) in [5, 5.41) is 0. The van der Waals surface area contributed by atoms with E-state index in [1.807, 2.05) is 4.57 Å². The summed E-state index contributed by atoms with van der Waals surface area (Å²) < 4.78 is 39.0. The van der Waals surface area contributed by atoms with Gasteiger partial charge in [0.15, 0.2) is 0 Å². The summed E-state index contributed by atoms with van der Waals surface area (Å²) in [6, 6.07) is 5.08. The zero-order chi connectivity index (χ0) is 13.2. The first-order chi connectivity index (χ1) is 8.50. The van der Waals surface area contributed by atoms with Crippen LogP contribution in [0.15, 0.2) is 36.8 Å². The number of rotatable bonds is 3. The summed E-state index contributed by atoms with van der Waals surface area (Å²) in [6.45, 7) is 0.811. The predicted octanol–water partition coefficient (Wildman–Crippen LogP) is 2.83. The van der Waals surface area contributed by atoms with E-state index in [1.165, 1.54) is 12.1 Å². The molecule has 2 aromatic rings. The fourth-order valence-corrected chi connectivity index (χ4v) is 1.66. The number of nitrogens with two attached hydrogens (primary N) is 1. The Kier molecular flexibility index (Phi) is 4.97. The van der Waals surface area contributed by atoms with Gasteiger partial charge in [-0.15, -0.1) is 12.4 Å². The second kappa shape index (κ2) is 6.08. The number of hydrogen-bond donors (Lipinski definition) is 1. The van der Waals surface area contributed by atoms with Crippen LogP contribution < -0.4 is 5.73 Å². The molecule has 104 valence electrons. The summed E-state index contributed by atoms with van der Waals surface area (Å²) in [7, 11) is 0. The molecule has 3 nitrogen and oxygen atoms in total. The van der Waals surface area contributed by atoms with Gasteiger partial charge in [-0.05, 0) is 17.7 Å². The Balaban J connectivity index is 0.00000180. The van der Waals surface area contributed by atoms with Crippen LogP contribution in [-0.4, -0.2) is 9.55 Å². The molecule has 0 saturated carbocycles. The van der Waals surface area contributed by atoms with E-state index < -0.39 is 11.7 Å². The molecule has 0 fully saturated rings. The first kappa shape index (κ1) is 15.5. The third kappa shape index (κ3) is 3.71. The van der Waals surface area contributed by atoms with Crippen LogP contribution in [0.4, 0.5) is 13.2 Å². The Labute approximate surface area is 114 Å². The topological polar surface area (TPSA) is 43.8 Å². The fourth-order valence-electron chi connectivity index (χ4n) is 1.66. The SMILES string of the molecule is Cl.NCc1cncn1Cc1ccc(C(F)(F)F)cc1. The summed E-state index contributed by atoms with van der Waals surface area (Å²) in [5.74, 6) is 0. The van der Waals surface area contributed by atoms with Gasteiger partial charge in [0.25, 0.3) is 0 Å². The van der Waals surface area contributed by atoms with Crippen molar-refractivity contribution >= 4 is 12.4 Å². The molecule has 0 spiro atoms. The Hall–Kier alpha value is -1.53. The lowest BCUT2D eigenvalue weighted by Gasteiger charge is -2.09. The maximum atomic E-state index is 12.4. The van der Waals surface area contributed by atoms with Crippen LogP contribution in [0, 0.1) is 0 Å². The molecule has 1 aromatic heterocycles. The van der Waals surface area contributed by atoms with Gasteiger partial charge in [-0.25, -0.2) is 4.98 Å². The van der Waals surface area contributed by atoms with Gasteiger partial charge in [0.1, 0.15) is 0 Å². The minimum Gasteiger partial charge on any atom is -0.329 e. The molecule has 0 atom stereocenters. The van der Waals surface area contributed by atoms with Crippen molar-refractivity contribution in [1.29, 1.82) is 0 Å². The number of aromatic nitrogens is 2. The lowest BCUT2D eigenvalue weighted by Crippen LogP contribution is -2.08. The van der Waals surface area contributed by atoms with Gasteiger partial charge in [0.2, 0.25) is 0 Å². The van der Waals surface area contributed by atoms with Crippen LogP contribution in [0.3, 0.4) is 0 Å². The second-order valence-corrected chi connectivity index (χ2v) is 3.91. The van der Waals surface area contributed by atoms with E-state index in [0.29, 0.717) is 13.1 Å². The van der Waals surface area contributed by atoms with E-state index in [-0.39, 0.29) is 12.4 Å². The van der Waals surface area contributed by atoms with Crippen molar-refractivity contribution in [2.75, 3.05) is 0 Å². The van der Waals surface area contributed by atoms with Gasteiger partial charge >= 0.3 is 6.18 Å². The van der Waals surface area contributed by atoms with Gasteiger partial charge in [0, 0.05) is 19.3 Å². The third-order valence-electron chi connectivity index (χ3n) is 2.64. The lowest BCUT2D eigenvalue weighted by molar-refractivity contribution is -0.137. The Morgan fingerprint density at radius 3 is 2.32 bits per heavy atom. The van der Waals surface area contributed by atoms with Crippen LogP contribution in [-0.2, 0) is 19.3 Å². The van der Waals surface area contributed by atoms with Crippen LogP contribution in [0.5, 0.6) is 0 Å². The van der Waals surface area contributed by atoms with E-state index in [9.17, 15) is 13.2 Å². The van der Waals surface area contributed by atoms with Crippen molar-refractivity contribution < 1.29 is 13.2 Å². The first-order valence-electron chi connectivity index (χ1n) is 5.36. The smallest absolute Gasteiger partial charge is 0.329 e. The average molecular weight is 292 g/mol. The third-order valence-corrected chi connectivity index (χ3v) is 2.64. The molecule has 0 unspecified atom stereocenters. The van der Waals surface area contributed by atoms with Crippen molar-refractivity contribution in [3.05, 3.63) is 53.6 Å². The van der Waals surface area contributed by atoms with Crippen molar-refractivity contribution in [1.82, 2.24) is 9.55 Å². The van der Waals surface area contributed by atoms with Crippen molar-refractivity contribution in [2.45, 2.75) is 19.3 Å². The standard InChI is InChI=1S/C12H12F3N3.ClH/c13-12(14,15)10-3-1-9(2-4-10)7-18-8-17-6-11(18)5-16;/h1-4,6,8H,5,7,16H2;1H. The highest BCUT2D eigenvalue weighted by molar-refractivity contribution is 5.85. The van der Waals surface area contributed by atoms with Crippen molar-refractivity contribution in [3.8, 4) is 0 Å². The summed E-state index contributed by atoms with van der Waals surface area (Å²) in [5.41, 5.74) is 6.49. The zero-order valence-electron chi connectivity index (χ0n) is 9.89. The molecular formula is C12H13ClF3N3. The molecule has 0 aliphatic carbocycles. The molecule has 0 radical (unpaired) electrons. The Bertz CT molecular complexity index is 520. The number of benzene rings is 1. The van der Waals surface area contributed by atoms with Crippen LogP contribution in [0.1, 0.15) is 16.8 Å². The maximum absolute atomic E-state index is 12.4. The van der Waals surface area contributed by atoms with E-state index in [1.54, 1.807) is 12.5 Å². The van der Waals surface area contributed by atoms with Crippen LogP contribution >= 0.6 is 12.4 Å². The lowest BCUT2D eigenvalue weighted by atomic mass is 10.1. The molecule has 7 heteroatoms. The summed E-state index contributed by atoms with van der Waals surface area (Å²) in [6.07, 6.45) is -1.04. The molecule has 0 aliphatic rings. The molecule has 0 aliphatic heterocycles. The molecular weight excluding hydrogens is 279 g/mol. The highest BCUT2D eigenvalue weighted by Gasteiger charge is 2.29.